The number of carboxylic acids is 1. The molecule has 178 valence electrons. The van der Waals surface area contributed by atoms with Crippen molar-refractivity contribution in [3.05, 3.63) is 106 Å². The minimum Gasteiger partial charge on any atom is -0.478 e. The molecule has 0 unspecified atom stereocenters. The number of hydrogen-bond donors (Lipinski definition) is 1. The maximum atomic E-state index is 13.8. The van der Waals surface area contributed by atoms with Crippen LogP contribution in [-0.2, 0) is 4.79 Å². The molecule has 4 rings (SSSR count). The summed E-state index contributed by atoms with van der Waals surface area (Å²) in [5.41, 5.74) is 4.96. The van der Waals surface area contributed by atoms with Gasteiger partial charge in [0.25, 0.3) is 0 Å². The zero-order valence-corrected chi connectivity index (χ0v) is 19.3. The molecule has 0 saturated carbocycles. The smallest absolute Gasteiger partial charge is 0.333 e. The Morgan fingerprint density at radius 3 is 2.43 bits per heavy atom. The molecule has 0 amide bonds. The largest absolute Gasteiger partial charge is 0.478 e. The van der Waals surface area contributed by atoms with Gasteiger partial charge in [-0.2, -0.15) is 13.9 Å². The highest BCUT2D eigenvalue weighted by atomic mass is 35.5. The lowest BCUT2D eigenvalue weighted by Crippen LogP contribution is -1.97. The van der Waals surface area contributed by atoms with E-state index in [-0.39, 0.29) is 5.02 Å². The summed E-state index contributed by atoms with van der Waals surface area (Å²) in [5.74, 6) is -1.50. The fraction of sp³-hybridized carbons (Fsp3) is 0.111. The monoisotopic (exact) mass is 496 g/mol. The number of halogens is 4. The van der Waals surface area contributed by atoms with Crippen LogP contribution in [0, 0.1) is 5.82 Å². The average molecular weight is 497 g/mol. The molecule has 4 nitrogen and oxygen atoms in total. The summed E-state index contributed by atoms with van der Waals surface area (Å²) in [6.45, 7) is -0.803. The summed E-state index contributed by atoms with van der Waals surface area (Å²) in [7, 11) is 0. The topological polar surface area (TPSA) is 55.1 Å². The standard InChI is InChI=1S/C27H20ClF3N2O2/c1-2-21(22-10-9-20(29)14-23(22)28)26(17-6-3-16(4-7-17)5-12-25(34)35)18-8-11-24-19(13-18)15-33(32-24)27(30)31/h3-15,27H,2H2,1H3,(H,34,35)/b12-5+,26-21+. The van der Waals surface area contributed by atoms with E-state index in [1.165, 1.54) is 24.4 Å². The Morgan fingerprint density at radius 1 is 1.09 bits per heavy atom. The highest BCUT2D eigenvalue weighted by Crippen LogP contribution is 2.38. The highest BCUT2D eigenvalue weighted by Gasteiger charge is 2.17. The fourth-order valence-electron chi connectivity index (χ4n) is 3.98. The van der Waals surface area contributed by atoms with Gasteiger partial charge in [-0.05, 0) is 70.2 Å². The van der Waals surface area contributed by atoms with Crippen LogP contribution < -0.4 is 0 Å². The van der Waals surface area contributed by atoms with Gasteiger partial charge in [-0.1, -0.05) is 54.9 Å². The molecule has 1 aromatic heterocycles. The number of rotatable bonds is 7. The van der Waals surface area contributed by atoms with E-state index in [0.717, 1.165) is 28.3 Å². The summed E-state index contributed by atoms with van der Waals surface area (Å²) in [5, 5.41) is 13.6. The van der Waals surface area contributed by atoms with Gasteiger partial charge >= 0.3 is 12.5 Å². The zero-order valence-electron chi connectivity index (χ0n) is 18.6. The van der Waals surface area contributed by atoms with Crippen molar-refractivity contribution in [3.8, 4) is 0 Å². The van der Waals surface area contributed by atoms with Crippen molar-refractivity contribution in [1.29, 1.82) is 0 Å². The number of allylic oxidation sites excluding steroid dienone is 1. The molecule has 0 aliphatic rings. The van der Waals surface area contributed by atoms with Crippen molar-refractivity contribution in [1.82, 2.24) is 9.78 Å². The molecule has 0 radical (unpaired) electrons. The summed E-state index contributed by atoms with van der Waals surface area (Å²) in [4.78, 5) is 10.8. The maximum absolute atomic E-state index is 13.8. The number of fused-ring (bicyclic) bond motifs is 1. The van der Waals surface area contributed by atoms with Crippen LogP contribution in [0.5, 0.6) is 0 Å². The van der Waals surface area contributed by atoms with Crippen LogP contribution in [0.25, 0.3) is 28.1 Å². The molecule has 0 spiro atoms. The Bertz CT molecular complexity index is 1460. The van der Waals surface area contributed by atoms with Crippen molar-refractivity contribution >= 4 is 45.7 Å². The highest BCUT2D eigenvalue weighted by molar-refractivity contribution is 6.32. The summed E-state index contributed by atoms with van der Waals surface area (Å²) >= 11 is 6.42. The van der Waals surface area contributed by atoms with Gasteiger partial charge in [0.15, 0.2) is 0 Å². The van der Waals surface area contributed by atoms with E-state index in [9.17, 15) is 18.0 Å². The number of hydrogen-bond acceptors (Lipinski definition) is 2. The van der Waals surface area contributed by atoms with Crippen LogP contribution in [-0.4, -0.2) is 20.9 Å². The first-order valence-electron chi connectivity index (χ1n) is 10.7. The number of carbonyl (C=O) groups is 1. The van der Waals surface area contributed by atoms with Gasteiger partial charge in [-0.25, -0.2) is 13.9 Å². The molecule has 3 aromatic carbocycles. The van der Waals surface area contributed by atoms with Gasteiger partial charge < -0.3 is 5.11 Å². The lowest BCUT2D eigenvalue weighted by Gasteiger charge is -2.17. The Kier molecular flexibility index (Phi) is 7.07. The molecule has 0 saturated heterocycles. The molecule has 0 aliphatic carbocycles. The second-order valence-corrected chi connectivity index (χ2v) is 8.19. The van der Waals surface area contributed by atoms with Gasteiger partial charge in [0.2, 0.25) is 0 Å². The molecule has 35 heavy (non-hydrogen) atoms. The quantitative estimate of drug-likeness (QED) is 0.211. The van der Waals surface area contributed by atoms with Crippen LogP contribution in [0.2, 0.25) is 5.02 Å². The average Bonchev–Trinajstić information content (AvgIpc) is 3.26. The SMILES string of the molecule is CC/C(=C(/c1ccc(/C=C/C(=O)O)cc1)c1ccc2nn(C(F)F)cc2c1)c1ccc(F)cc1Cl. The molecular weight excluding hydrogens is 477 g/mol. The van der Waals surface area contributed by atoms with Crippen LogP contribution in [0.15, 0.2) is 72.9 Å². The normalized spacial score (nSPS) is 12.5. The Hall–Kier alpha value is -3.84. The molecule has 8 heteroatoms. The number of carboxylic acid groups (broad SMARTS) is 1. The van der Waals surface area contributed by atoms with Crippen LogP contribution in [0.4, 0.5) is 13.2 Å². The van der Waals surface area contributed by atoms with E-state index in [1.807, 2.05) is 19.1 Å². The summed E-state index contributed by atoms with van der Waals surface area (Å²) in [6.07, 6.45) is 4.38. The minimum atomic E-state index is -2.75. The molecular formula is C27H20ClF3N2O2. The summed E-state index contributed by atoms with van der Waals surface area (Å²) < 4.78 is 40.7. The fourth-order valence-corrected chi connectivity index (χ4v) is 4.26. The van der Waals surface area contributed by atoms with Crippen molar-refractivity contribution in [2.75, 3.05) is 0 Å². The maximum Gasteiger partial charge on any atom is 0.333 e. The molecule has 4 aromatic rings. The predicted molar refractivity (Wildman–Crippen MR) is 132 cm³/mol. The van der Waals surface area contributed by atoms with E-state index < -0.39 is 18.3 Å². The van der Waals surface area contributed by atoms with E-state index in [1.54, 1.807) is 36.4 Å². The van der Waals surface area contributed by atoms with E-state index >= 15 is 0 Å². The van der Waals surface area contributed by atoms with Gasteiger partial charge in [-0.15, -0.1) is 0 Å². The van der Waals surface area contributed by atoms with Crippen molar-refractivity contribution in [2.24, 2.45) is 0 Å². The van der Waals surface area contributed by atoms with Crippen molar-refractivity contribution in [2.45, 2.75) is 19.9 Å². The first-order valence-corrected chi connectivity index (χ1v) is 11.1. The summed E-state index contributed by atoms with van der Waals surface area (Å²) in [6, 6.07) is 16.7. The number of nitrogens with zero attached hydrogens (tertiary/aromatic N) is 2. The van der Waals surface area contributed by atoms with E-state index in [2.05, 4.69) is 5.10 Å². The first kappa shape index (κ1) is 24.3. The van der Waals surface area contributed by atoms with Crippen LogP contribution in [0.1, 0.15) is 42.1 Å². The molecule has 1 N–H and O–H groups in total. The van der Waals surface area contributed by atoms with E-state index in [4.69, 9.17) is 16.7 Å². The second kappa shape index (κ2) is 10.2. The zero-order chi connectivity index (χ0) is 25.1. The van der Waals surface area contributed by atoms with Gasteiger partial charge in [0, 0.05) is 17.7 Å². The second-order valence-electron chi connectivity index (χ2n) is 7.79. The molecule has 1 heterocycles. The third-order valence-electron chi connectivity index (χ3n) is 5.54. The van der Waals surface area contributed by atoms with Gasteiger partial charge in [0.05, 0.1) is 10.5 Å². The third kappa shape index (κ3) is 5.30. The molecule has 0 bridgehead atoms. The van der Waals surface area contributed by atoms with Crippen molar-refractivity contribution in [3.63, 3.8) is 0 Å². The Balaban J connectivity index is 1.94. The van der Waals surface area contributed by atoms with E-state index in [0.29, 0.717) is 33.1 Å². The lowest BCUT2D eigenvalue weighted by atomic mass is 9.87. The third-order valence-corrected chi connectivity index (χ3v) is 5.85. The van der Waals surface area contributed by atoms with Crippen molar-refractivity contribution < 1.29 is 23.1 Å². The first-order chi connectivity index (χ1) is 16.8. The van der Waals surface area contributed by atoms with Crippen LogP contribution >= 0.6 is 11.6 Å². The molecule has 0 fully saturated rings. The number of aromatic nitrogens is 2. The number of benzene rings is 3. The Morgan fingerprint density at radius 2 is 1.80 bits per heavy atom. The van der Waals surface area contributed by atoms with Gasteiger partial charge in [0.1, 0.15) is 5.82 Å². The van der Waals surface area contributed by atoms with Gasteiger partial charge in [-0.3, -0.25) is 0 Å². The Labute approximate surface area is 204 Å². The number of aliphatic carboxylic acids is 1. The molecule has 0 aliphatic heterocycles. The van der Waals surface area contributed by atoms with Crippen LogP contribution in [0.3, 0.4) is 0 Å². The molecule has 0 atom stereocenters. The number of alkyl halides is 2. The minimum absolute atomic E-state index is 0.256. The predicted octanol–water partition coefficient (Wildman–Crippen LogP) is 7.69. The lowest BCUT2D eigenvalue weighted by molar-refractivity contribution is -0.131.